The molecule has 33 heavy (non-hydrogen) atoms. The highest BCUT2D eigenvalue weighted by atomic mass is 19.1. The van der Waals surface area contributed by atoms with Gasteiger partial charge in [-0.2, -0.15) is 5.10 Å². The lowest BCUT2D eigenvalue weighted by atomic mass is 9.90. The number of benzene rings is 2. The molecule has 3 heterocycles. The van der Waals surface area contributed by atoms with Crippen LogP contribution >= 0.6 is 0 Å². The Morgan fingerprint density at radius 2 is 1.76 bits per heavy atom. The van der Waals surface area contributed by atoms with Crippen LogP contribution in [0, 0.1) is 11.6 Å². The van der Waals surface area contributed by atoms with Gasteiger partial charge in [0.05, 0.1) is 11.8 Å². The fourth-order valence-corrected chi connectivity index (χ4v) is 4.36. The molecule has 8 heteroatoms. The predicted molar refractivity (Wildman–Crippen MR) is 120 cm³/mol. The second-order valence-electron chi connectivity index (χ2n) is 8.15. The minimum Gasteiger partial charge on any atom is -0.424 e. The minimum atomic E-state index is -0.575. The summed E-state index contributed by atoms with van der Waals surface area (Å²) in [6, 6.07) is 13.8. The summed E-state index contributed by atoms with van der Waals surface area (Å²) in [5.74, 6) is -0.356. The second-order valence-corrected chi connectivity index (χ2v) is 8.15. The zero-order valence-corrected chi connectivity index (χ0v) is 17.9. The second kappa shape index (κ2) is 9.46. The number of aromatic nitrogens is 4. The van der Waals surface area contributed by atoms with Crippen molar-refractivity contribution in [3.8, 4) is 22.9 Å². The first-order valence-electron chi connectivity index (χ1n) is 10.9. The maximum Gasteiger partial charge on any atom is 0.321 e. The molecular weight excluding hydrogens is 424 g/mol. The Morgan fingerprint density at radius 1 is 1.00 bits per heavy atom. The van der Waals surface area contributed by atoms with Gasteiger partial charge in [-0.1, -0.05) is 18.2 Å². The third-order valence-electron chi connectivity index (χ3n) is 5.90. The molecule has 5 rings (SSSR count). The van der Waals surface area contributed by atoms with Gasteiger partial charge in [-0.25, -0.2) is 18.7 Å². The van der Waals surface area contributed by atoms with Crippen LogP contribution in [-0.4, -0.2) is 38.2 Å². The highest BCUT2D eigenvalue weighted by Gasteiger charge is 2.27. The Kier molecular flexibility index (Phi) is 6.08. The molecule has 6 nitrogen and oxygen atoms in total. The number of piperidine rings is 1. The molecule has 0 bridgehead atoms. The van der Waals surface area contributed by atoms with E-state index in [0.717, 1.165) is 43.7 Å². The minimum absolute atomic E-state index is 0.0173. The SMILES string of the molecule is Fc1cccc(F)c1-c1cn[nH]c1[C@H]1CCCN(Cc2ccc(Oc3ncccn3)cc2)C1. The molecule has 1 atom stereocenters. The van der Waals surface area contributed by atoms with Crippen molar-refractivity contribution in [2.75, 3.05) is 13.1 Å². The molecule has 2 aromatic heterocycles. The number of hydrogen-bond donors (Lipinski definition) is 1. The summed E-state index contributed by atoms with van der Waals surface area (Å²) in [6.07, 6.45) is 6.72. The zero-order valence-electron chi connectivity index (χ0n) is 17.9. The summed E-state index contributed by atoms with van der Waals surface area (Å²) < 4.78 is 34.4. The summed E-state index contributed by atoms with van der Waals surface area (Å²) in [5, 5.41) is 7.11. The van der Waals surface area contributed by atoms with E-state index in [-0.39, 0.29) is 11.5 Å². The van der Waals surface area contributed by atoms with Crippen molar-refractivity contribution >= 4 is 0 Å². The first-order chi connectivity index (χ1) is 16.2. The molecule has 0 saturated carbocycles. The molecular formula is C25H23F2N5O. The topological polar surface area (TPSA) is 66.9 Å². The van der Waals surface area contributed by atoms with E-state index in [4.69, 9.17) is 4.74 Å². The fraction of sp³-hybridized carbons (Fsp3) is 0.240. The van der Waals surface area contributed by atoms with Gasteiger partial charge in [-0.15, -0.1) is 0 Å². The number of H-pyrrole nitrogens is 1. The smallest absolute Gasteiger partial charge is 0.321 e. The van der Waals surface area contributed by atoms with E-state index in [0.29, 0.717) is 17.3 Å². The Morgan fingerprint density at radius 3 is 2.52 bits per heavy atom. The summed E-state index contributed by atoms with van der Waals surface area (Å²) in [5.41, 5.74) is 2.43. The average molecular weight is 447 g/mol. The summed E-state index contributed by atoms with van der Waals surface area (Å²) >= 11 is 0. The number of nitrogens with zero attached hydrogens (tertiary/aromatic N) is 4. The molecule has 1 saturated heterocycles. The molecule has 2 aromatic carbocycles. The lowest BCUT2D eigenvalue weighted by molar-refractivity contribution is 0.198. The quantitative estimate of drug-likeness (QED) is 0.434. The van der Waals surface area contributed by atoms with Crippen LogP contribution in [0.3, 0.4) is 0 Å². The van der Waals surface area contributed by atoms with E-state index in [1.165, 1.54) is 24.4 Å². The fourth-order valence-electron chi connectivity index (χ4n) is 4.36. The Hall–Kier alpha value is -3.65. The van der Waals surface area contributed by atoms with E-state index in [1.54, 1.807) is 18.5 Å². The molecule has 4 aromatic rings. The summed E-state index contributed by atoms with van der Waals surface area (Å²) in [6.45, 7) is 2.52. The van der Waals surface area contributed by atoms with Crippen molar-refractivity contribution < 1.29 is 13.5 Å². The summed E-state index contributed by atoms with van der Waals surface area (Å²) in [7, 11) is 0. The van der Waals surface area contributed by atoms with Crippen molar-refractivity contribution in [1.82, 2.24) is 25.1 Å². The first kappa shape index (κ1) is 21.2. The van der Waals surface area contributed by atoms with Gasteiger partial charge < -0.3 is 4.74 Å². The largest absolute Gasteiger partial charge is 0.424 e. The van der Waals surface area contributed by atoms with E-state index >= 15 is 0 Å². The number of ether oxygens (including phenoxy) is 1. The van der Waals surface area contributed by atoms with Crippen LogP contribution in [0.4, 0.5) is 8.78 Å². The molecule has 0 amide bonds. The Labute approximate surface area is 190 Å². The van der Waals surface area contributed by atoms with Crippen molar-refractivity contribution in [1.29, 1.82) is 0 Å². The number of likely N-dealkylation sites (tertiary alicyclic amines) is 1. The van der Waals surface area contributed by atoms with Crippen LogP contribution in [0.25, 0.3) is 11.1 Å². The summed E-state index contributed by atoms with van der Waals surface area (Å²) in [4.78, 5) is 10.5. The van der Waals surface area contributed by atoms with E-state index in [2.05, 4.69) is 25.1 Å². The van der Waals surface area contributed by atoms with Gasteiger partial charge >= 0.3 is 6.01 Å². The van der Waals surface area contributed by atoms with Crippen LogP contribution in [-0.2, 0) is 6.54 Å². The van der Waals surface area contributed by atoms with Crippen LogP contribution in [0.5, 0.6) is 11.8 Å². The number of halogens is 2. The van der Waals surface area contributed by atoms with E-state index in [9.17, 15) is 8.78 Å². The molecule has 1 fully saturated rings. The zero-order chi connectivity index (χ0) is 22.6. The number of rotatable bonds is 6. The van der Waals surface area contributed by atoms with Gasteiger partial charge in [-0.05, 0) is 55.3 Å². The number of aromatic amines is 1. The van der Waals surface area contributed by atoms with Crippen molar-refractivity contribution in [2.24, 2.45) is 0 Å². The van der Waals surface area contributed by atoms with Gasteiger partial charge in [0.1, 0.15) is 17.4 Å². The third-order valence-corrected chi connectivity index (χ3v) is 5.90. The van der Waals surface area contributed by atoms with Crippen LogP contribution in [0.1, 0.15) is 30.0 Å². The number of hydrogen-bond acceptors (Lipinski definition) is 5. The number of nitrogens with one attached hydrogen (secondary N) is 1. The molecule has 168 valence electrons. The maximum absolute atomic E-state index is 14.4. The third kappa shape index (κ3) is 4.75. The van der Waals surface area contributed by atoms with Gasteiger partial charge in [0, 0.05) is 42.7 Å². The van der Waals surface area contributed by atoms with E-state index < -0.39 is 11.6 Å². The maximum atomic E-state index is 14.4. The van der Waals surface area contributed by atoms with Gasteiger partial charge in [0.15, 0.2) is 0 Å². The molecule has 0 aliphatic carbocycles. The van der Waals surface area contributed by atoms with Crippen LogP contribution in [0.15, 0.2) is 67.1 Å². The molecule has 0 spiro atoms. The average Bonchev–Trinajstić information content (AvgIpc) is 3.31. The lowest BCUT2D eigenvalue weighted by Gasteiger charge is -2.32. The van der Waals surface area contributed by atoms with Crippen molar-refractivity contribution in [3.63, 3.8) is 0 Å². The predicted octanol–water partition coefficient (Wildman–Crippen LogP) is 5.32. The van der Waals surface area contributed by atoms with Gasteiger partial charge in [0.25, 0.3) is 0 Å². The standard InChI is InChI=1S/C25H23F2N5O/c26-21-5-1-6-22(27)23(21)20-14-30-31-24(20)18-4-2-13-32(16-18)15-17-7-9-19(10-8-17)33-25-28-11-3-12-29-25/h1,3,5-12,14,18H,2,4,13,15-16H2,(H,30,31)/t18-/m0/s1. The van der Waals surface area contributed by atoms with Crippen LogP contribution < -0.4 is 4.74 Å². The molecule has 0 unspecified atom stereocenters. The van der Waals surface area contributed by atoms with E-state index in [1.807, 2.05) is 24.3 Å². The van der Waals surface area contributed by atoms with Gasteiger partial charge in [-0.3, -0.25) is 10.00 Å². The van der Waals surface area contributed by atoms with Gasteiger partial charge in [0.2, 0.25) is 0 Å². The van der Waals surface area contributed by atoms with Crippen molar-refractivity contribution in [2.45, 2.75) is 25.3 Å². The first-order valence-corrected chi connectivity index (χ1v) is 10.9. The monoisotopic (exact) mass is 447 g/mol. The van der Waals surface area contributed by atoms with Crippen LogP contribution in [0.2, 0.25) is 0 Å². The molecule has 1 N–H and O–H groups in total. The highest BCUT2D eigenvalue weighted by molar-refractivity contribution is 5.67. The molecule has 1 aliphatic heterocycles. The Balaban J connectivity index is 1.27. The highest BCUT2D eigenvalue weighted by Crippen LogP contribution is 2.35. The molecule has 0 radical (unpaired) electrons. The normalized spacial score (nSPS) is 16.6. The Bertz CT molecular complexity index is 1190. The van der Waals surface area contributed by atoms with Crippen molar-refractivity contribution in [3.05, 3.63) is 90.0 Å². The molecule has 1 aliphatic rings. The lowest BCUT2D eigenvalue weighted by Crippen LogP contribution is -2.34.